The molecule has 0 atom stereocenters. The van der Waals surface area contributed by atoms with Crippen molar-refractivity contribution >= 4 is 42.3 Å². The highest BCUT2D eigenvalue weighted by molar-refractivity contribution is 7.86. The van der Waals surface area contributed by atoms with Crippen molar-refractivity contribution in [3.8, 4) is 5.75 Å². The van der Waals surface area contributed by atoms with Gasteiger partial charge >= 0.3 is 0 Å². The fourth-order valence-electron chi connectivity index (χ4n) is 2.14. The molecule has 0 spiro atoms. The van der Waals surface area contributed by atoms with Crippen molar-refractivity contribution < 1.29 is 36.3 Å². The third-order valence-corrected chi connectivity index (χ3v) is 5.14. The number of nitrogens with one attached hydrogen (secondary N) is 1. The number of phenols is 1. The molecular formula is C12H10N6O8S2. The minimum atomic E-state index is -4.43. The highest BCUT2D eigenvalue weighted by Crippen LogP contribution is 2.28. The van der Waals surface area contributed by atoms with E-state index in [-0.39, 0.29) is 21.4 Å². The molecule has 2 aromatic carbocycles. The lowest BCUT2D eigenvalue weighted by molar-refractivity contribution is 0.154. The number of rotatable bonds is 2. The van der Waals surface area contributed by atoms with Crippen LogP contribution in [-0.2, 0) is 20.2 Å². The van der Waals surface area contributed by atoms with Crippen LogP contribution < -0.4 is 0 Å². The summed E-state index contributed by atoms with van der Waals surface area (Å²) in [5.74, 6) is -0.612. The molecule has 4 aromatic rings. The topological polar surface area (TPSA) is 221 Å². The normalized spacial score (nSPS) is 12.1. The van der Waals surface area contributed by atoms with E-state index < -0.39 is 30.9 Å². The van der Waals surface area contributed by atoms with Gasteiger partial charge in [-0.05, 0) is 35.5 Å². The van der Waals surface area contributed by atoms with Crippen molar-refractivity contribution in [1.29, 1.82) is 0 Å². The van der Waals surface area contributed by atoms with Crippen molar-refractivity contribution in [3.05, 3.63) is 30.3 Å². The number of aromatic amines is 1. The molecule has 0 saturated carbocycles. The van der Waals surface area contributed by atoms with Gasteiger partial charge in [-0.2, -0.15) is 32.2 Å². The SMILES string of the molecule is O=S(=O)(O)c1ccc2c(c1)nnn2O.O=S(=O)(O)c1ccc2n[nH]nc2c1O. The minimum absolute atomic E-state index is 0.000116. The van der Waals surface area contributed by atoms with Crippen LogP contribution in [0.15, 0.2) is 40.1 Å². The molecule has 0 amide bonds. The zero-order chi connectivity index (χ0) is 20.7. The summed E-state index contributed by atoms with van der Waals surface area (Å²) in [6.45, 7) is 0. The number of benzene rings is 2. The maximum atomic E-state index is 10.8. The Balaban J connectivity index is 0.000000161. The zero-order valence-electron chi connectivity index (χ0n) is 13.4. The predicted octanol–water partition coefficient (Wildman–Crippen LogP) is -0.175. The van der Waals surface area contributed by atoms with Crippen molar-refractivity contribution in [1.82, 2.24) is 30.6 Å². The van der Waals surface area contributed by atoms with Gasteiger partial charge < -0.3 is 10.3 Å². The summed E-state index contributed by atoms with van der Waals surface area (Å²) >= 11 is 0. The molecule has 2 aromatic heterocycles. The molecule has 0 unspecified atom stereocenters. The highest BCUT2D eigenvalue weighted by atomic mass is 32.2. The maximum Gasteiger partial charge on any atom is 0.298 e. The van der Waals surface area contributed by atoms with E-state index in [4.69, 9.17) is 14.3 Å². The van der Waals surface area contributed by atoms with Crippen LogP contribution in [0.4, 0.5) is 0 Å². The number of hydrogen-bond acceptors (Lipinski definition) is 10. The van der Waals surface area contributed by atoms with E-state index >= 15 is 0 Å². The summed E-state index contributed by atoms with van der Waals surface area (Å²) in [5, 5.41) is 34.6. The van der Waals surface area contributed by atoms with Gasteiger partial charge in [0.1, 0.15) is 21.4 Å². The van der Waals surface area contributed by atoms with E-state index in [0.29, 0.717) is 10.4 Å². The molecule has 2 heterocycles. The fraction of sp³-hybridized carbons (Fsp3) is 0. The number of aromatic hydroxyl groups is 1. The fourth-order valence-corrected chi connectivity index (χ4v) is 3.22. The average molecular weight is 430 g/mol. The van der Waals surface area contributed by atoms with Gasteiger partial charge in [0.15, 0.2) is 11.3 Å². The van der Waals surface area contributed by atoms with Crippen LogP contribution in [0.3, 0.4) is 0 Å². The molecule has 16 heteroatoms. The van der Waals surface area contributed by atoms with E-state index in [9.17, 15) is 21.9 Å². The van der Waals surface area contributed by atoms with Gasteiger partial charge in [0.05, 0.1) is 4.90 Å². The smallest absolute Gasteiger partial charge is 0.298 e. The lowest BCUT2D eigenvalue weighted by Gasteiger charge is -1.99. The van der Waals surface area contributed by atoms with Crippen molar-refractivity contribution in [3.63, 3.8) is 0 Å². The van der Waals surface area contributed by atoms with Crippen LogP contribution in [0.5, 0.6) is 5.75 Å². The lowest BCUT2D eigenvalue weighted by Crippen LogP contribution is -1.98. The average Bonchev–Trinajstić information content (AvgIpc) is 3.21. The van der Waals surface area contributed by atoms with E-state index in [0.717, 1.165) is 18.2 Å². The van der Waals surface area contributed by atoms with Crippen LogP contribution in [0.2, 0.25) is 0 Å². The maximum absolute atomic E-state index is 10.8. The molecule has 0 radical (unpaired) electrons. The molecule has 0 saturated heterocycles. The molecule has 14 nitrogen and oxygen atoms in total. The van der Waals surface area contributed by atoms with Gasteiger partial charge in [0.25, 0.3) is 20.2 Å². The van der Waals surface area contributed by atoms with Crippen molar-refractivity contribution in [2.45, 2.75) is 9.79 Å². The first-order valence-electron chi connectivity index (χ1n) is 7.00. The van der Waals surface area contributed by atoms with Gasteiger partial charge in [0.2, 0.25) is 0 Å². The zero-order valence-corrected chi connectivity index (χ0v) is 15.0. The number of H-pyrrole nitrogens is 1. The van der Waals surface area contributed by atoms with Crippen LogP contribution in [0.1, 0.15) is 0 Å². The molecule has 148 valence electrons. The summed E-state index contributed by atoms with van der Waals surface area (Å²) in [6, 6.07) is 5.92. The lowest BCUT2D eigenvalue weighted by atomic mass is 10.3. The first-order valence-corrected chi connectivity index (χ1v) is 9.88. The van der Waals surface area contributed by atoms with Crippen LogP contribution in [0.25, 0.3) is 22.1 Å². The summed E-state index contributed by atoms with van der Waals surface area (Å²) in [4.78, 5) is -0.354. The Morgan fingerprint density at radius 2 is 1.64 bits per heavy atom. The standard InChI is InChI=1S/2C6H5N3O4S/c10-9-6-2-1-4(14(11,12)13)3-5(6)7-8-9;10-6-4(14(11,12)13)2-1-3-5(6)8-9-7-3/h1-3,10H,(H,11,12,13);1-2,10H,(H,7,8,9)(H,11,12,13). The van der Waals surface area contributed by atoms with Crippen LogP contribution in [-0.4, -0.2) is 66.8 Å². The first kappa shape index (κ1) is 19.4. The molecule has 0 bridgehead atoms. The Bertz CT molecular complexity index is 1390. The summed E-state index contributed by atoms with van der Waals surface area (Å²) in [6.07, 6.45) is 0. The van der Waals surface area contributed by atoms with Crippen LogP contribution >= 0.6 is 0 Å². The van der Waals surface area contributed by atoms with E-state index in [1.165, 1.54) is 12.1 Å². The van der Waals surface area contributed by atoms with Crippen molar-refractivity contribution in [2.24, 2.45) is 0 Å². The highest BCUT2D eigenvalue weighted by Gasteiger charge is 2.19. The molecular weight excluding hydrogens is 420 g/mol. The Morgan fingerprint density at radius 3 is 2.29 bits per heavy atom. The molecule has 0 aliphatic carbocycles. The number of phenolic OH excluding ortho intramolecular Hbond substituents is 1. The first-order chi connectivity index (χ1) is 13.0. The van der Waals surface area contributed by atoms with Gasteiger partial charge in [-0.1, -0.05) is 4.85 Å². The molecule has 0 aliphatic rings. The molecule has 28 heavy (non-hydrogen) atoms. The van der Waals surface area contributed by atoms with Gasteiger partial charge in [0, 0.05) is 0 Å². The summed E-state index contributed by atoms with van der Waals surface area (Å²) in [7, 11) is -8.68. The Labute approximate surface area is 155 Å². The van der Waals surface area contributed by atoms with Crippen LogP contribution in [0, 0.1) is 0 Å². The third-order valence-electron chi connectivity index (χ3n) is 3.40. The quantitative estimate of drug-likeness (QED) is 0.206. The Kier molecular flexibility index (Phi) is 4.63. The second-order valence-corrected chi connectivity index (χ2v) is 7.99. The van der Waals surface area contributed by atoms with Gasteiger partial charge in [-0.3, -0.25) is 9.11 Å². The molecule has 5 N–H and O–H groups in total. The predicted molar refractivity (Wildman–Crippen MR) is 89.9 cm³/mol. The molecule has 0 aliphatic heterocycles. The Morgan fingerprint density at radius 1 is 0.929 bits per heavy atom. The van der Waals surface area contributed by atoms with E-state index in [1.807, 2.05) is 0 Å². The summed E-state index contributed by atoms with van der Waals surface area (Å²) in [5.41, 5.74) is 0.759. The Hall–Kier alpha value is -3.34. The number of hydrogen-bond donors (Lipinski definition) is 5. The van der Waals surface area contributed by atoms with E-state index in [2.05, 4.69) is 25.7 Å². The van der Waals surface area contributed by atoms with Gasteiger partial charge in [-0.15, -0.1) is 5.10 Å². The monoisotopic (exact) mass is 430 g/mol. The summed E-state index contributed by atoms with van der Waals surface area (Å²) < 4.78 is 60.4. The van der Waals surface area contributed by atoms with E-state index in [1.54, 1.807) is 0 Å². The molecule has 0 fully saturated rings. The second kappa shape index (κ2) is 6.68. The minimum Gasteiger partial charge on any atom is -0.504 e. The number of aromatic nitrogens is 6. The largest absolute Gasteiger partial charge is 0.504 e. The number of fused-ring (bicyclic) bond motifs is 2. The number of nitrogens with zero attached hydrogens (tertiary/aromatic N) is 5. The second-order valence-electron chi connectivity index (χ2n) is 5.18. The third kappa shape index (κ3) is 3.69. The van der Waals surface area contributed by atoms with Crippen molar-refractivity contribution in [2.75, 3.05) is 0 Å². The molecule has 4 rings (SSSR count). The van der Waals surface area contributed by atoms with Gasteiger partial charge in [-0.25, -0.2) is 0 Å².